The van der Waals surface area contributed by atoms with E-state index in [-0.39, 0.29) is 22.9 Å². The summed E-state index contributed by atoms with van der Waals surface area (Å²) in [6.45, 7) is 3.59. The molecule has 1 N–H and O–H groups in total. The van der Waals surface area contributed by atoms with Gasteiger partial charge in [0.25, 0.3) is 5.91 Å². The van der Waals surface area contributed by atoms with Gasteiger partial charge in [-0.2, -0.15) is 0 Å². The first kappa shape index (κ1) is 18.7. The lowest BCUT2D eigenvalue weighted by Gasteiger charge is -2.08. The Balaban J connectivity index is 1.87. The molecule has 0 spiro atoms. The Morgan fingerprint density at radius 3 is 2.44 bits per heavy atom. The topological polar surface area (TPSA) is 85.6 Å². The number of ether oxygens (including phenoxy) is 1. The van der Waals surface area contributed by atoms with Crippen LogP contribution in [-0.2, 0) is 0 Å². The van der Waals surface area contributed by atoms with E-state index in [0.717, 1.165) is 0 Å². The van der Waals surface area contributed by atoms with Crippen molar-refractivity contribution in [3.63, 3.8) is 0 Å². The lowest BCUT2D eigenvalue weighted by atomic mass is 10.1. The first-order valence-electron chi connectivity index (χ1n) is 8.20. The Labute approximate surface area is 159 Å². The molecule has 0 aliphatic carbocycles. The summed E-state index contributed by atoms with van der Waals surface area (Å²) in [5.41, 5.74) is -0.298. The molecule has 2 aromatic carbocycles. The average Bonchev–Trinajstić information content (AvgIpc) is 2.60. The van der Waals surface area contributed by atoms with Crippen molar-refractivity contribution in [3.8, 4) is 5.75 Å². The van der Waals surface area contributed by atoms with E-state index in [9.17, 15) is 14.4 Å². The molecule has 6 nitrogen and oxygen atoms in total. The summed E-state index contributed by atoms with van der Waals surface area (Å²) in [7, 11) is 0. The smallest absolute Gasteiger partial charge is 0.349 e. The van der Waals surface area contributed by atoms with E-state index >= 15 is 0 Å². The molecule has 0 saturated carbocycles. The second-order valence-corrected chi connectivity index (χ2v) is 6.61. The van der Waals surface area contributed by atoms with Crippen molar-refractivity contribution in [1.29, 1.82) is 0 Å². The molecular formula is C20H16ClNO5. The third-order valence-corrected chi connectivity index (χ3v) is 3.91. The number of hydrogen-bond acceptors (Lipinski definition) is 5. The normalized spacial score (nSPS) is 10.8. The minimum absolute atomic E-state index is 0.0814. The van der Waals surface area contributed by atoms with Gasteiger partial charge in [-0.3, -0.25) is 4.79 Å². The Morgan fingerprint density at radius 2 is 1.78 bits per heavy atom. The summed E-state index contributed by atoms with van der Waals surface area (Å²) in [6, 6.07) is 12.2. The molecule has 0 unspecified atom stereocenters. The fraction of sp³-hybridized carbons (Fsp3) is 0.150. The summed E-state index contributed by atoms with van der Waals surface area (Å²) in [4.78, 5) is 36.3. The van der Waals surface area contributed by atoms with Crippen molar-refractivity contribution < 1.29 is 18.7 Å². The fourth-order valence-corrected chi connectivity index (χ4v) is 2.53. The highest BCUT2D eigenvalue weighted by molar-refractivity contribution is 6.30. The molecule has 0 bridgehead atoms. The van der Waals surface area contributed by atoms with Crippen molar-refractivity contribution in [2.45, 2.75) is 19.9 Å². The molecule has 0 aliphatic heterocycles. The molecule has 0 saturated heterocycles. The predicted molar refractivity (Wildman–Crippen MR) is 101 cm³/mol. The van der Waals surface area contributed by atoms with Crippen LogP contribution in [0.5, 0.6) is 5.75 Å². The molecule has 7 heteroatoms. The standard InChI is InChI=1S/C20H16ClNO5/c1-11(2)22-18(23)16-9-13-5-8-15(10-17(13)27-20(16)25)26-19(24)12-3-6-14(21)7-4-12/h3-11H,1-2H3,(H,22,23). The Hall–Kier alpha value is -3.12. The number of rotatable bonds is 4. The van der Waals surface area contributed by atoms with E-state index in [1.165, 1.54) is 12.1 Å². The van der Waals surface area contributed by atoms with Gasteiger partial charge in [0.05, 0.1) is 5.56 Å². The molecule has 0 aliphatic rings. The molecule has 138 valence electrons. The van der Waals surface area contributed by atoms with Gasteiger partial charge in [-0.15, -0.1) is 0 Å². The van der Waals surface area contributed by atoms with Gasteiger partial charge < -0.3 is 14.5 Å². The highest BCUT2D eigenvalue weighted by atomic mass is 35.5. The maximum absolute atomic E-state index is 12.2. The lowest BCUT2D eigenvalue weighted by molar-refractivity contribution is 0.0734. The van der Waals surface area contributed by atoms with Crippen molar-refractivity contribution >= 4 is 34.4 Å². The number of amides is 1. The molecule has 27 heavy (non-hydrogen) atoms. The van der Waals surface area contributed by atoms with Crippen LogP contribution in [0.2, 0.25) is 5.02 Å². The summed E-state index contributed by atoms with van der Waals surface area (Å²) in [6.07, 6.45) is 0. The molecule has 0 radical (unpaired) electrons. The number of esters is 1. The third kappa shape index (κ3) is 4.35. The summed E-state index contributed by atoms with van der Waals surface area (Å²) < 4.78 is 10.5. The van der Waals surface area contributed by atoms with Crippen LogP contribution in [-0.4, -0.2) is 17.9 Å². The van der Waals surface area contributed by atoms with Crippen LogP contribution < -0.4 is 15.7 Å². The van der Waals surface area contributed by atoms with Gasteiger partial charge in [0.1, 0.15) is 16.9 Å². The number of halogens is 1. The molecule has 1 heterocycles. The van der Waals surface area contributed by atoms with Gasteiger partial charge in [-0.25, -0.2) is 9.59 Å². The monoisotopic (exact) mass is 385 g/mol. The van der Waals surface area contributed by atoms with Crippen molar-refractivity contribution in [1.82, 2.24) is 5.32 Å². The molecule has 3 aromatic rings. The van der Waals surface area contributed by atoms with Crippen LogP contribution in [0, 0.1) is 0 Å². The average molecular weight is 386 g/mol. The minimum atomic E-state index is -0.762. The first-order chi connectivity index (χ1) is 12.8. The van der Waals surface area contributed by atoms with Gasteiger partial charge in [-0.1, -0.05) is 11.6 Å². The van der Waals surface area contributed by atoms with Gasteiger partial charge in [0, 0.05) is 22.5 Å². The number of carbonyl (C=O) groups is 2. The van der Waals surface area contributed by atoms with Crippen molar-refractivity contribution in [2.75, 3.05) is 0 Å². The number of fused-ring (bicyclic) bond motifs is 1. The van der Waals surface area contributed by atoms with Gasteiger partial charge in [0.2, 0.25) is 0 Å². The van der Waals surface area contributed by atoms with E-state index in [2.05, 4.69) is 5.32 Å². The van der Waals surface area contributed by atoms with E-state index in [0.29, 0.717) is 16.0 Å². The Bertz CT molecular complexity index is 1070. The van der Waals surface area contributed by atoms with Crippen LogP contribution in [0.4, 0.5) is 0 Å². The lowest BCUT2D eigenvalue weighted by Crippen LogP contribution is -2.33. The summed E-state index contributed by atoms with van der Waals surface area (Å²) >= 11 is 5.80. The van der Waals surface area contributed by atoms with E-state index in [1.54, 1.807) is 50.2 Å². The van der Waals surface area contributed by atoms with E-state index < -0.39 is 17.5 Å². The third-order valence-electron chi connectivity index (χ3n) is 3.66. The van der Waals surface area contributed by atoms with Gasteiger partial charge in [-0.05, 0) is 56.3 Å². The maximum atomic E-state index is 12.2. The maximum Gasteiger partial charge on any atom is 0.349 e. The van der Waals surface area contributed by atoms with Crippen molar-refractivity contribution in [2.24, 2.45) is 0 Å². The molecule has 1 aromatic heterocycles. The van der Waals surface area contributed by atoms with Crippen LogP contribution in [0.1, 0.15) is 34.6 Å². The zero-order valence-corrected chi connectivity index (χ0v) is 15.4. The Kier molecular flexibility index (Phi) is 5.28. The van der Waals surface area contributed by atoms with Gasteiger partial charge >= 0.3 is 11.6 Å². The minimum Gasteiger partial charge on any atom is -0.423 e. The first-order valence-corrected chi connectivity index (χ1v) is 8.58. The van der Waals surface area contributed by atoms with Crippen LogP contribution in [0.25, 0.3) is 11.0 Å². The summed E-state index contributed by atoms with van der Waals surface area (Å²) in [5.74, 6) is -0.856. The highest BCUT2D eigenvalue weighted by Crippen LogP contribution is 2.22. The SMILES string of the molecule is CC(C)NC(=O)c1cc2ccc(OC(=O)c3ccc(Cl)cc3)cc2oc1=O. The molecule has 1 amide bonds. The van der Waals surface area contributed by atoms with E-state index in [4.69, 9.17) is 20.8 Å². The second-order valence-electron chi connectivity index (χ2n) is 6.17. The molecule has 0 fully saturated rings. The Morgan fingerprint density at radius 1 is 1.07 bits per heavy atom. The molecule has 3 rings (SSSR count). The fourth-order valence-electron chi connectivity index (χ4n) is 2.41. The van der Waals surface area contributed by atoms with Gasteiger partial charge in [0.15, 0.2) is 0 Å². The quantitative estimate of drug-likeness (QED) is 0.419. The largest absolute Gasteiger partial charge is 0.423 e. The highest BCUT2D eigenvalue weighted by Gasteiger charge is 2.15. The van der Waals surface area contributed by atoms with Crippen LogP contribution in [0.3, 0.4) is 0 Å². The molecule has 0 atom stereocenters. The number of carbonyl (C=O) groups excluding carboxylic acids is 2. The molecular weight excluding hydrogens is 370 g/mol. The number of hydrogen-bond donors (Lipinski definition) is 1. The van der Waals surface area contributed by atoms with Crippen LogP contribution >= 0.6 is 11.6 Å². The second kappa shape index (κ2) is 7.63. The van der Waals surface area contributed by atoms with E-state index in [1.807, 2.05) is 0 Å². The number of nitrogens with one attached hydrogen (secondary N) is 1. The predicted octanol–water partition coefficient (Wildman–Crippen LogP) is 3.80. The zero-order chi connectivity index (χ0) is 19.6. The summed E-state index contributed by atoms with van der Waals surface area (Å²) in [5, 5.41) is 3.69. The zero-order valence-electron chi connectivity index (χ0n) is 14.6. The number of benzene rings is 2. The van der Waals surface area contributed by atoms with Crippen molar-refractivity contribution in [3.05, 3.63) is 75.1 Å². The van der Waals surface area contributed by atoms with Crippen LogP contribution in [0.15, 0.2) is 57.7 Å².